The largest absolute Gasteiger partial charge is 0.507 e. The van der Waals surface area contributed by atoms with Crippen molar-refractivity contribution >= 4 is 11.8 Å². The monoisotopic (exact) mass is 326 g/mol. The number of Topliss-reactive ketones (excluding diaryl/α,β-unsaturated/α-hetero) is 1. The van der Waals surface area contributed by atoms with Gasteiger partial charge in [-0.3, -0.25) is 4.79 Å². The molecule has 1 unspecified atom stereocenters. The smallest absolute Gasteiger partial charge is 0.348 e. The average molecular weight is 326 g/mol. The van der Waals surface area contributed by atoms with Crippen LogP contribution in [0.4, 0.5) is 0 Å². The molecule has 5 nitrogen and oxygen atoms in total. The Hall–Kier alpha value is -2.66. The van der Waals surface area contributed by atoms with Crippen LogP contribution in [0.1, 0.15) is 39.9 Å². The fourth-order valence-electron chi connectivity index (χ4n) is 2.89. The van der Waals surface area contributed by atoms with Crippen LogP contribution in [0, 0.1) is 13.8 Å². The van der Waals surface area contributed by atoms with Gasteiger partial charge >= 0.3 is 5.97 Å². The first kappa shape index (κ1) is 16.2. The van der Waals surface area contributed by atoms with Gasteiger partial charge in [0.05, 0.1) is 5.56 Å². The van der Waals surface area contributed by atoms with E-state index in [0.29, 0.717) is 11.3 Å². The number of rotatable bonds is 4. The van der Waals surface area contributed by atoms with Crippen LogP contribution in [0.25, 0.3) is 0 Å². The van der Waals surface area contributed by atoms with E-state index in [1.54, 1.807) is 30.3 Å². The van der Waals surface area contributed by atoms with E-state index < -0.39 is 11.6 Å². The molecule has 3 rings (SSSR count). The SMILES string of the molecule is Cc1ccc(C(=O)CCC2(O)C(=O)Oc3cc(C)ccc32)c(O)c1. The summed E-state index contributed by atoms with van der Waals surface area (Å²) in [6, 6.07) is 9.87. The molecule has 0 aromatic heterocycles. The number of phenols is 1. The first-order valence-electron chi connectivity index (χ1n) is 7.70. The summed E-state index contributed by atoms with van der Waals surface area (Å²) in [7, 11) is 0. The summed E-state index contributed by atoms with van der Waals surface area (Å²) >= 11 is 0. The van der Waals surface area contributed by atoms with E-state index in [2.05, 4.69) is 0 Å². The fraction of sp³-hybridized carbons (Fsp3) is 0.263. The van der Waals surface area contributed by atoms with Crippen molar-refractivity contribution in [3.05, 3.63) is 58.7 Å². The number of carbonyl (C=O) groups is 2. The Bertz CT molecular complexity index is 840. The van der Waals surface area contributed by atoms with Gasteiger partial charge < -0.3 is 14.9 Å². The van der Waals surface area contributed by atoms with Crippen LogP contribution in [-0.4, -0.2) is 22.0 Å². The van der Waals surface area contributed by atoms with Gasteiger partial charge in [0.2, 0.25) is 0 Å². The molecule has 0 radical (unpaired) electrons. The molecule has 2 aromatic rings. The van der Waals surface area contributed by atoms with Gasteiger partial charge in [-0.1, -0.05) is 18.2 Å². The quantitative estimate of drug-likeness (QED) is 0.513. The number of hydrogen-bond donors (Lipinski definition) is 2. The van der Waals surface area contributed by atoms with Crippen LogP contribution < -0.4 is 4.74 Å². The Morgan fingerprint density at radius 3 is 2.50 bits per heavy atom. The Morgan fingerprint density at radius 1 is 1.12 bits per heavy atom. The molecule has 1 aliphatic heterocycles. The molecule has 0 bridgehead atoms. The van der Waals surface area contributed by atoms with Crippen molar-refractivity contribution in [1.82, 2.24) is 0 Å². The molecule has 2 N–H and O–H groups in total. The summed E-state index contributed by atoms with van der Waals surface area (Å²) < 4.78 is 5.13. The number of benzene rings is 2. The maximum atomic E-state index is 12.3. The number of carbonyl (C=O) groups excluding carboxylic acids is 2. The second-order valence-electron chi connectivity index (χ2n) is 6.19. The van der Waals surface area contributed by atoms with E-state index in [1.165, 1.54) is 6.07 Å². The molecule has 0 aliphatic carbocycles. The Kier molecular flexibility index (Phi) is 3.89. The highest BCUT2D eigenvalue weighted by Gasteiger charge is 2.47. The number of esters is 1. The number of phenolic OH excluding ortho intramolecular Hbond substituents is 1. The summed E-state index contributed by atoms with van der Waals surface area (Å²) in [5, 5.41) is 20.6. The molecule has 24 heavy (non-hydrogen) atoms. The van der Waals surface area contributed by atoms with E-state index in [-0.39, 0.29) is 29.9 Å². The maximum Gasteiger partial charge on any atom is 0.348 e. The fourth-order valence-corrected chi connectivity index (χ4v) is 2.89. The summed E-state index contributed by atoms with van der Waals surface area (Å²) in [4.78, 5) is 24.4. The number of aromatic hydroxyl groups is 1. The third kappa shape index (κ3) is 2.67. The number of aliphatic hydroxyl groups is 1. The molecule has 0 saturated heterocycles. The Balaban J connectivity index is 1.81. The van der Waals surface area contributed by atoms with Crippen LogP contribution in [-0.2, 0) is 10.4 Å². The topological polar surface area (TPSA) is 83.8 Å². The zero-order chi connectivity index (χ0) is 17.5. The number of fused-ring (bicyclic) bond motifs is 1. The lowest BCUT2D eigenvalue weighted by Gasteiger charge is -2.18. The standard InChI is InChI=1S/C19H18O5/c1-11-3-5-13(16(21)9-11)15(20)7-8-19(23)14-6-4-12(2)10-17(14)24-18(19)22/h3-6,9-10,21,23H,7-8H2,1-2H3. The van der Waals surface area contributed by atoms with E-state index in [4.69, 9.17) is 4.74 Å². The van der Waals surface area contributed by atoms with Gasteiger partial charge in [0, 0.05) is 12.0 Å². The maximum absolute atomic E-state index is 12.3. The second kappa shape index (κ2) is 5.76. The van der Waals surface area contributed by atoms with Gasteiger partial charge in [-0.15, -0.1) is 0 Å². The van der Waals surface area contributed by atoms with Crippen LogP contribution in [0.15, 0.2) is 36.4 Å². The highest BCUT2D eigenvalue weighted by atomic mass is 16.6. The molecule has 0 fully saturated rings. The zero-order valence-electron chi connectivity index (χ0n) is 13.5. The van der Waals surface area contributed by atoms with Crippen molar-refractivity contribution in [1.29, 1.82) is 0 Å². The van der Waals surface area contributed by atoms with Gasteiger partial charge in [0.1, 0.15) is 11.5 Å². The second-order valence-corrected chi connectivity index (χ2v) is 6.19. The summed E-state index contributed by atoms with van der Waals surface area (Å²) in [5.74, 6) is -0.886. The van der Waals surface area contributed by atoms with Crippen LogP contribution in [0.3, 0.4) is 0 Å². The molecule has 1 heterocycles. The lowest BCUT2D eigenvalue weighted by atomic mass is 9.88. The normalized spacial score (nSPS) is 19.0. The van der Waals surface area contributed by atoms with Crippen molar-refractivity contribution in [2.75, 3.05) is 0 Å². The minimum Gasteiger partial charge on any atom is -0.507 e. The highest BCUT2D eigenvalue weighted by molar-refractivity contribution is 5.99. The molecule has 2 aromatic carbocycles. The molecule has 0 saturated carbocycles. The third-order valence-electron chi connectivity index (χ3n) is 4.29. The van der Waals surface area contributed by atoms with E-state index in [0.717, 1.165) is 11.1 Å². The van der Waals surface area contributed by atoms with Gasteiger partial charge in [-0.2, -0.15) is 0 Å². The van der Waals surface area contributed by atoms with E-state index in [9.17, 15) is 19.8 Å². The first-order valence-corrected chi connectivity index (χ1v) is 7.70. The van der Waals surface area contributed by atoms with E-state index >= 15 is 0 Å². The van der Waals surface area contributed by atoms with Crippen LogP contribution >= 0.6 is 0 Å². The van der Waals surface area contributed by atoms with E-state index in [1.807, 2.05) is 13.8 Å². The molecule has 1 atom stereocenters. The summed E-state index contributed by atoms with van der Waals surface area (Å²) in [6.07, 6.45) is -0.191. The molecule has 5 heteroatoms. The predicted molar refractivity (Wildman–Crippen MR) is 87.1 cm³/mol. The number of ketones is 1. The molecule has 0 amide bonds. The molecular weight excluding hydrogens is 308 g/mol. The van der Waals surface area contributed by atoms with Crippen molar-refractivity contribution in [3.63, 3.8) is 0 Å². The lowest BCUT2D eigenvalue weighted by Crippen LogP contribution is -2.34. The average Bonchev–Trinajstić information content (AvgIpc) is 2.76. The minimum atomic E-state index is -1.83. The predicted octanol–water partition coefficient (Wildman–Crippen LogP) is 2.78. The molecular formula is C19H18O5. The van der Waals surface area contributed by atoms with Gasteiger partial charge in [0.25, 0.3) is 0 Å². The Morgan fingerprint density at radius 2 is 1.79 bits per heavy atom. The molecule has 0 spiro atoms. The summed E-state index contributed by atoms with van der Waals surface area (Å²) in [6.45, 7) is 3.67. The van der Waals surface area contributed by atoms with Crippen molar-refractivity contribution in [2.24, 2.45) is 0 Å². The third-order valence-corrected chi connectivity index (χ3v) is 4.29. The van der Waals surface area contributed by atoms with Crippen LogP contribution in [0.5, 0.6) is 11.5 Å². The first-order chi connectivity index (χ1) is 11.3. The van der Waals surface area contributed by atoms with Gasteiger partial charge in [-0.05, 0) is 49.6 Å². The molecule has 1 aliphatic rings. The minimum absolute atomic E-state index is 0.0878. The van der Waals surface area contributed by atoms with Gasteiger partial charge in [0.15, 0.2) is 11.4 Å². The highest BCUT2D eigenvalue weighted by Crippen LogP contribution is 2.41. The number of hydrogen-bond acceptors (Lipinski definition) is 5. The number of ether oxygens (including phenoxy) is 1. The number of aryl methyl sites for hydroxylation is 2. The van der Waals surface area contributed by atoms with Crippen molar-refractivity contribution < 1.29 is 24.5 Å². The lowest BCUT2D eigenvalue weighted by molar-refractivity contribution is -0.152. The van der Waals surface area contributed by atoms with Crippen molar-refractivity contribution in [2.45, 2.75) is 32.3 Å². The zero-order valence-corrected chi connectivity index (χ0v) is 13.5. The molecule has 124 valence electrons. The van der Waals surface area contributed by atoms with Crippen molar-refractivity contribution in [3.8, 4) is 11.5 Å². The van der Waals surface area contributed by atoms with Crippen LogP contribution in [0.2, 0.25) is 0 Å². The Labute approximate surface area is 139 Å². The van der Waals surface area contributed by atoms with Gasteiger partial charge in [-0.25, -0.2) is 4.79 Å². The summed E-state index contributed by atoms with van der Waals surface area (Å²) in [5.41, 5.74) is 0.468.